The molecule has 0 radical (unpaired) electrons. The maximum atomic E-state index is 12.2. The van der Waals surface area contributed by atoms with E-state index in [1.54, 1.807) is 0 Å². The zero-order chi connectivity index (χ0) is 14.6. The average molecular weight is 408 g/mol. The Hall–Kier alpha value is -0.360. The van der Waals surface area contributed by atoms with Crippen molar-refractivity contribution >= 4 is 43.8 Å². The van der Waals surface area contributed by atoms with Crippen LogP contribution in [-0.4, -0.2) is 35.8 Å². The van der Waals surface area contributed by atoms with Crippen molar-refractivity contribution in [1.29, 1.82) is 0 Å². The monoisotopic (exact) mass is 406 g/mol. The van der Waals surface area contributed by atoms with Crippen LogP contribution in [0.25, 0.3) is 0 Å². The number of hydrogen-bond acceptors (Lipinski definition) is 4. The molecule has 2 saturated carbocycles. The highest BCUT2D eigenvalue weighted by molar-refractivity contribution is 9.12. The Kier molecular flexibility index (Phi) is 3.73. The molecule has 2 fully saturated rings. The Labute approximate surface area is 134 Å². The van der Waals surface area contributed by atoms with Crippen molar-refractivity contribution < 1.29 is 19.1 Å². The van der Waals surface area contributed by atoms with Crippen LogP contribution in [0.15, 0.2) is 12.2 Å². The molecule has 0 unspecified atom stereocenters. The molecular weight excluding hydrogens is 392 g/mol. The third-order valence-corrected chi connectivity index (χ3v) is 8.16. The number of fused-ring (bicyclic) bond motifs is 1. The van der Waals surface area contributed by atoms with Crippen molar-refractivity contribution in [1.82, 2.24) is 0 Å². The number of esters is 2. The Morgan fingerprint density at radius 1 is 0.850 bits per heavy atom. The second-order valence-corrected chi connectivity index (χ2v) is 7.80. The summed E-state index contributed by atoms with van der Waals surface area (Å²) in [5.41, 5.74) is 0. The van der Waals surface area contributed by atoms with Crippen LogP contribution in [0.4, 0.5) is 0 Å². The minimum absolute atomic E-state index is 0.0414. The summed E-state index contributed by atoms with van der Waals surface area (Å²) in [5.74, 6) is -0.641. The van der Waals surface area contributed by atoms with Crippen LogP contribution in [-0.2, 0) is 19.1 Å². The Bertz CT molecular complexity index is 436. The van der Waals surface area contributed by atoms with E-state index in [-0.39, 0.29) is 23.8 Å². The summed E-state index contributed by atoms with van der Waals surface area (Å²) in [6.07, 6.45) is 4.17. The van der Waals surface area contributed by atoms with E-state index in [0.29, 0.717) is 21.5 Å². The number of hydrogen-bond donors (Lipinski definition) is 0. The molecule has 0 aromatic rings. The largest absolute Gasteiger partial charge is 0.469 e. The third kappa shape index (κ3) is 1.76. The molecule has 6 heteroatoms. The van der Waals surface area contributed by atoms with Crippen LogP contribution in [0.2, 0.25) is 0 Å². The minimum Gasteiger partial charge on any atom is -0.469 e. The first kappa shape index (κ1) is 14.6. The highest BCUT2D eigenvalue weighted by atomic mass is 79.9. The van der Waals surface area contributed by atoms with Crippen LogP contribution in [0.5, 0.6) is 0 Å². The topological polar surface area (TPSA) is 52.6 Å². The number of rotatable bonds is 2. The predicted molar refractivity (Wildman–Crippen MR) is 79.5 cm³/mol. The van der Waals surface area contributed by atoms with E-state index in [1.807, 2.05) is 0 Å². The van der Waals surface area contributed by atoms with Gasteiger partial charge in [0, 0.05) is 9.65 Å². The minimum atomic E-state index is -0.427. The van der Waals surface area contributed by atoms with Gasteiger partial charge in [-0.15, -0.1) is 0 Å². The molecule has 4 aliphatic rings. The fourth-order valence-electron chi connectivity index (χ4n) is 4.23. The third-order valence-electron chi connectivity index (χ3n) is 5.09. The van der Waals surface area contributed by atoms with E-state index < -0.39 is 11.8 Å². The SMILES string of the molecule is COC(=O)[C@@H]1[C@H]2C=C[C@@H]([C@@H]1C(=O)OC)[C@@H]1[C@H](Br)[C@H](Br)[C@@H]21. The van der Waals surface area contributed by atoms with Crippen molar-refractivity contribution in [2.45, 2.75) is 9.65 Å². The van der Waals surface area contributed by atoms with Gasteiger partial charge in [-0.25, -0.2) is 0 Å². The molecule has 0 spiro atoms. The van der Waals surface area contributed by atoms with E-state index in [2.05, 4.69) is 44.0 Å². The number of carbonyl (C=O) groups is 2. The summed E-state index contributed by atoms with van der Waals surface area (Å²) >= 11 is 7.39. The molecule has 20 heavy (non-hydrogen) atoms. The van der Waals surface area contributed by atoms with Gasteiger partial charge < -0.3 is 9.47 Å². The van der Waals surface area contributed by atoms with Crippen molar-refractivity contribution in [3.05, 3.63) is 12.2 Å². The molecule has 4 nitrogen and oxygen atoms in total. The highest BCUT2D eigenvalue weighted by Crippen LogP contribution is 2.63. The average Bonchev–Trinajstić information content (AvgIpc) is 2.50. The van der Waals surface area contributed by atoms with Crippen molar-refractivity contribution in [3.8, 4) is 0 Å². The normalized spacial score (nSPS) is 48.2. The van der Waals surface area contributed by atoms with Crippen LogP contribution in [0.3, 0.4) is 0 Å². The number of alkyl halides is 2. The lowest BCUT2D eigenvalue weighted by molar-refractivity contribution is -0.172. The van der Waals surface area contributed by atoms with E-state index in [0.717, 1.165) is 0 Å². The van der Waals surface area contributed by atoms with Crippen LogP contribution in [0.1, 0.15) is 0 Å². The summed E-state index contributed by atoms with van der Waals surface area (Å²) in [5, 5.41) is 0. The van der Waals surface area contributed by atoms with E-state index in [4.69, 9.17) is 9.47 Å². The lowest BCUT2D eigenvalue weighted by atomic mass is 9.46. The van der Waals surface area contributed by atoms with Gasteiger partial charge in [-0.3, -0.25) is 9.59 Å². The summed E-state index contributed by atoms with van der Waals surface area (Å²) in [6, 6.07) is 0. The molecule has 0 aromatic heterocycles. The molecule has 2 bridgehead atoms. The number of carbonyl (C=O) groups excluding carboxylic acids is 2. The first-order valence-electron chi connectivity index (χ1n) is 6.65. The molecule has 0 N–H and O–H groups in total. The molecular formula is C14H16Br2O4. The zero-order valence-electron chi connectivity index (χ0n) is 11.2. The van der Waals surface area contributed by atoms with Crippen LogP contribution in [0, 0.1) is 35.5 Å². The lowest BCUT2D eigenvalue weighted by Crippen LogP contribution is -2.66. The summed E-state index contributed by atoms with van der Waals surface area (Å²) in [4.78, 5) is 25.0. The molecule has 110 valence electrons. The summed E-state index contributed by atoms with van der Waals surface area (Å²) in [7, 11) is 2.75. The molecule has 4 rings (SSSR count). The van der Waals surface area contributed by atoms with E-state index in [9.17, 15) is 9.59 Å². The van der Waals surface area contributed by atoms with Crippen molar-refractivity contribution in [2.24, 2.45) is 35.5 Å². The summed E-state index contributed by atoms with van der Waals surface area (Å²) < 4.78 is 9.86. The zero-order valence-corrected chi connectivity index (χ0v) is 14.3. The number of methoxy groups -OCH3 is 2. The smallest absolute Gasteiger partial charge is 0.310 e. The Morgan fingerprint density at radius 2 is 1.20 bits per heavy atom. The molecule has 0 amide bonds. The molecule has 0 aromatic carbocycles. The first-order valence-corrected chi connectivity index (χ1v) is 8.48. The molecule has 0 heterocycles. The van der Waals surface area contributed by atoms with E-state index in [1.165, 1.54) is 14.2 Å². The predicted octanol–water partition coefficient (Wildman–Crippen LogP) is 2.15. The highest BCUT2D eigenvalue weighted by Gasteiger charge is 2.65. The van der Waals surface area contributed by atoms with Gasteiger partial charge in [0.25, 0.3) is 0 Å². The molecule has 4 aliphatic carbocycles. The van der Waals surface area contributed by atoms with Gasteiger partial charge in [0.1, 0.15) is 0 Å². The van der Waals surface area contributed by atoms with Gasteiger partial charge in [-0.1, -0.05) is 44.0 Å². The van der Waals surface area contributed by atoms with E-state index >= 15 is 0 Å². The van der Waals surface area contributed by atoms with Gasteiger partial charge >= 0.3 is 11.9 Å². The molecule has 8 atom stereocenters. The standard InChI is InChI=1S/C14H16Br2O4/c1-19-13(17)9-5-3-4-6(10(9)14(18)20-2)8-7(5)11(15)12(8)16/h3-12H,1-2H3/t5-,6+,7-,8-,9+,10-,11+,12-/m0/s1. The van der Waals surface area contributed by atoms with Gasteiger partial charge in [0.05, 0.1) is 26.1 Å². The lowest BCUT2D eigenvalue weighted by Gasteiger charge is -2.61. The fraction of sp³-hybridized carbons (Fsp3) is 0.714. The Balaban J connectivity index is 2.00. The van der Waals surface area contributed by atoms with Crippen LogP contribution >= 0.6 is 31.9 Å². The van der Waals surface area contributed by atoms with Gasteiger partial charge in [-0.2, -0.15) is 0 Å². The summed E-state index contributed by atoms with van der Waals surface area (Å²) in [6.45, 7) is 0. The second-order valence-electron chi connectivity index (χ2n) is 5.68. The number of allylic oxidation sites excluding steroid dienone is 2. The molecule has 0 aliphatic heterocycles. The maximum Gasteiger partial charge on any atom is 0.310 e. The quantitative estimate of drug-likeness (QED) is 0.400. The number of halogens is 2. The van der Waals surface area contributed by atoms with Gasteiger partial charge in [-0.05, 0) is 23.7 Å². The Morgan fingerprint density at radius 3 is 1.50 bits per heavy atom. The van der Waals surface area contributed by atoms with Gasteiger partial charge in [0.2, 0.25) is 0 Å². The van der Waals surface area contributed by atoms with Crippen LogP contribution < -0.4 is 0 Å². The van der Waals surface area contributed by atoms with Crippen molar-refractivity contribution in [2.75, 3.05) is 14.2 Å². The second kappa shape index (κ2) is 5.13. The fourth-order valence-corrected chi connectivity index (χ4v) is 6.35. The number of ether oxygens (including phenoxy) is 2. The first-order chi connectivity index (χ1) is 9.52. The van der Waals surface area contributed by atoms with Gasteiger partial charge in [0.15, 0.2) is 0 Å². The van der Waals surface area contributed by atoms with Crippen molar-refractivity contribution in [3.63, 3.8) is 0 Å². The molecule has 0 saturated heterocycles. The maximum absolute atomic E-state index is 12.2.